The van der Waals surface area contributed by atoms with Gasteiger partial charge in [0.2, 0.25) is 0 Å². The van der Waals surface area contributed by atoms with E-state index >= 15 is 0 Å². The number of rotatable bonds is 4. The van der Waals surface area contributed by atoms with Gasteiger partial charge < -0.3 is 5.11 Å². The largest absolute Gasteiger partial charge is 0.385 e. The van der Waals surface area contributed by atoms with Gasteiger partial charge >= 0.3 is 0 Å². The lowest BCUT2D eigenvalue weighted by molar-refractivity contribution is 0.0318. The number of benzene rings is 2. The maximum absolute atomic E-state index is 13.9. The summed E-state index contributed by atoms with van der Waals surface area (Å²) in [5.74, 6) is -0.389. The van der Waals surface area contributed by atoms with E-state index in [1.54, 1.807) is 12.1 Å². The molecule has 1 nitrogen and oxygen atoms in total. The Bertz CT molecular complexity index is 597. The van der Waals surface area contributed by atoms with Gasteiger partial charge in [-0.15, -0.1) is 0 Å². The minimum Gasteiger partial charge on any atom is -0.385 e. The maximum Gasteiger partial charge on any atom is 0.128 e. The first kappa shape index (κ1) is 15.5. The van der Waals surface area contributed by atoms with Gasteiger partial charge in [0.15, 0.2) is 0 Å². The van der Waals surface area contributed by atoms with Gasteiger partial charge in [0, 0.05) is 21.5 Å². The van der Waals surface area contributed by atoms with E-state index in [9.17, 15) is 9.50 Å². The average Bonchev–Trinajstić information content (AvgIpc) is 2.43. The molecule has 2 rings (SSSR count). The van der Waals surface area contributed by atoms with E-state index in [0.717, 1.165) is 10.0 Å². The van der Waals surface area contributed by atoms with Crippen LogP contribution in [0.2, 0.25) is 5.02 Å². The second-order valence-electron chi connectivity index (χ2n) is 4.77. The van der Waals surface area contributed by atoms with Gasteiger partial charge in [0.1, 0.15) is 5.82 Å². The van der Waals surface area contributed by atoms with Crippen molar-refractivity contribution in [3.8, 4) is 0 Å². The number of halogens is 3. The molecule has 2 aromatic carbocycles. The molecule has 0 aliphatic carbocycles. The second-order valence-corrected chi connectivity index (χ2v) is 6.10. The molecule has 0 spiro atoms. The Labute approximate surface area is 131 Å². The van der Waals surface area contributed by atoms with Crippen molar-refractivity contribution >= 4 is 27.5 Å². The Kier molecular flexibility index (Phi) is 4.84. The summed E-state index contributed by atoms with van der Waals surface area (Å²) in [5.41, 5.74) is -0.0533. The van der Waals surface area contributed by atoms with Crippen LogP contribution < -0.4 is 0 Å². The fourth-order valence-corrected chi connectivity index (χ4v) is 2.83. The molecule has 0 fully saturated rings. The van der Waals surface area contributed by atoms with Gasteiger partial charge in [-0.3, -0.25) is 0 Å². The predicted octanol–water partition coefficient (Wildman–Crippen LogP) is 5.08. The van der Waals surface area contributed by atoms with Gasteiger partial charge in [-0.1, -0.05) is 52.7 Å². The standard InChI is InChI=1S/C16H15BrClFO/c1-2-16(20,11-5-3-6-12(17)9-11)10-13-14(18)7-4-8-15(13)19/h3-9,20H,2,10H2,1H3. The lowest BCUT2D eigenvalue weighted by Crippen LogP contribution is -2.28. The monoisotopic (exact) mass is 356 g/mol. The van der Waals surface area contributed by atoms with Crippen LogP contribution in [0.4, 0.5) is 4.39 Å². The van der Waals surface area contributed by atoms with Crippen LogP contribution in [0.1, 0.15) is 24.5 Å². The summed E-state index contributed by atoms with van der Waals surface area (Å²) in [6.45, 7) is 1.87. The lowest BCUT2D eigenvalue weighted by atomic mass is 9.85. The molecule has 0 heterocycles. The summed E-state index contributed by atoms with van der Waals surface area (Å²) >= 11 is 9.44. The predicted molar refractivity (Wildman–Crippen MR) is 83.4 cm³/mol. The van der Waals surface area contributed by atoms with Crippen molar-refractivity contribution in [3.05, 3.63) is 68.9 Å². The van der Waals surface area contributed by atoms with Crippen LogP contribution in [0.3, 0.4) is 0 Å². The molecule has 0 aromatic heterocycles. The summed E-state index contributed by atoms with van der Waals surface area (Å²) < 4.78 is 14.8. The fourth-order valence-electron chi connectivity index (χ4n) is 2.20. The zero-order valence-corrected chi connectivity index (χ0v) is 13.4. The quantitative estimate of drug-likeness (QED) is 0.809. The molecule has 1 atom stereocenters. The van der Waals surface area contributed by atoms with E-state index < -0.39 is 5.60 Å². The average molecular weight is 358 g/mol. The summed E-state index contributed by atoms with van der Waals surface area (Å²) in [5, 5.41) is 11.2. The first-order valence-electron chi connectivity index (χ1n) is 6.37. The third-order valence-corrected chi connectivity index (χ3v) is 4.33. The lowest BCUT2D eigenvalue weighted by Gasteiger charge is -2.28. The van der Waals surface area contributed by atoms with Crippen LogP contribution in [0.15, 0.2) is 46.9 Å². The first-order chi connectivity index (χ1) is 9.46. The summed E-state index contributed by atoms with van der Waals surface area (Å²) in [4.78, 5) is 0. The molecule has 0 aliphatic rings. The third-order valence-electron chi connectivity index (χ3n) is 3.48. The highest BCUT2D eigenvalue weighted by Gasteiger charge is 2.29. The van der Waals surface area contributed by atoms with E-state index in [4.69, 9.17) is 11.6 Å². The Balaban J connectivity index is 2.42. The third kappa shape index (κ3) is 3.22. The molecule has 4 heteroatoms. The van der Waals surface area contributed by atoms with Crippen molar-refractivity contribution in [3.63, 3.8) is 0 Å². The van der Waals surface area contributed by atoms with Gasteiger partial charge in [-0.25, -0.2) is 4.39 Å². The summed E-state index contributed by atoms with van der Waals surface area (Å²) in [6, 6.07) is 12.0. The molecule has 0 saturated heterocycles. The Morgan fingerprint density at radius 2 is 1.95 bits per heavy atom. The molecular formula is C16H15BrClFO. The van der Waals surface area contributed by atoms with E-state index in [2.05, 4.69) is 15.9 Å². The topological polar surface area (TPSA) is 20.2 Å². The van der Waals surface area contributed by atoms with Crippen LogP contribution in [-0.4, -0.2) is 5.11 Å². The van der Waals surface area contributed by atoms with Crippen LogP contribution in [0.25, 0.3) is 0 Å². The SMILES string of the molecule is CCC(O)(Cc1c(F)cccc1Cl)c1cccc(Br)c1. The van der Waals surface area contributed by atoms with Crippen LogP contribution >= 0.6 is 27.5 Å². The van der Waals surface area contributed by atoms with Crippen LogP contribution in [-0.2, 0) is 12.0 Å². The molecule has 106 valence electrons. The van der Waals surface area contributed by atoms with E-state index in [-0.39, 0.29) is 12.2 Å². The molecule has 20 heavy (non-hydrogen) atoms. The highest BCUT2D eigenvalue weighted by molar-refractivity contribution is 9.10. The maximum atomic E-state index is 13.9. The number of hydrogen-bond donors (Lipinski definition) is 1. The molecule has 0 amide bonds. The normalized spacial score (nSPS) is 14.1. The Morgan fingerprint density at radius 3 is 2.55 bits per heavy atom. The highest BCUT2D eigenvalue weighted by Crippen LogP contribution is 2.33. The van der Waals surface area contributed by atoms with Gasteiger partial charge in [-0.05, 0) is 36.2 Å². The van der Waals surface area contributed by atoms with Gasteiger partial charge in [0.05, 0.1) is 5.60 Å². The molecule has 0 radical (unpaired) electrons. The van der Waals surface area contributed by atoms with Crippen molar-refractivity contribution in [2.75, 3.05) is 0 Å². The summed E-state index contributed by atoms with van der Waals surface area (Å²) in [6.07, 6.45) is 0.611. The van der Waals surface area contributed by atoms with Crippen molar-refractivity contribution < 1.29 is 9.50 Å². The van der Waals surface area contributed by atoms with Crippen molar-refractivity contribution in [2.24, 2.45) is 0 Å². The summed E-state index contributed by atoms with van der Waals surface area (Å²) in [7, 11) is 0. The van der Waals surface area contributed by atoms with E-state index in [1.165, 1.54) is 6.07 Å². The molecular weight excluding hydrogens is 343 g/mol. The zero-order chi connectivity index (χ0) is 14.8. The molecule has 0 aliphatic heterocycles. The van der Waals surface area contributed by atoms with Crippen molar-refractivity contribution in [1.82, 2.24) is 0 Å². The molecule has 1 N–H and O–H groups in total. The fraction of sp³-hybridized carbons (Fsp3) is 0.250. The van der Waals surface area contributed by atoms with Crippen LogP contribution in [0.5, 0.6) is 0 Å². The molecule has 0 saturated carbocycles. The smallest absolute Gasteiger partial charge is 0.128 e. The van der Waals surface area contributed by atoms with Gasteiger partial charge in [-0.2, -0.15) is 0 Å². The minimum atomic E-state index is -1.14. The van der Waals surface area contributed by atoms with E-state index in [0.29, 0.717) is 17.0 Å². The minimum absolute atomic E-state index is 0.144. The molecule has 0 bridgehead atoms. The second kappa shape index (κ2) is 6.25. The van der Waals surface area contributed by atoms with E-state index in [1.807, 2.05) is 31.2 Å². The van der Waals surface area contributed by atoms with Crippen molar-refractivity contribution in [1.29, 1.82) is 0 Å². The number of aliphatic hydroxyl groups is 1. The van der Waals surface area contributed by atoms with Crippen molar-refractivity contribution in [2.45, 2.75) is 25.4 Å². The molecule has 1 unspecified atom stereocenters. The first-order valence-corrected chi connectivity index (χ1v) is 7.54. The number of hydrogen-bond acceptors (Lipinski definition) is 1. The van der Waals surface area contributed by atoms with Gasteiger partial charge in [0.25, 0.3) is 0 Å². The Morgan fingerprint density at radius 1 is 1.25 bits per heavy atom. The Hall–Kier alpha value is -0.900. The molecule has 2 aromatic rings. The zero-order valence-electron chi connectivity index (χ0n) is 11.0. The van der Waals surface area contributed by atoms with Crippen LogP contribution in [0, 0.1) is 5.82 Å². The highest BCUT2D eigenvalue weighted by atomic mass is 79.9.